The van der Waals surface area contributed by atoms with E-state index in [0.29, 0.717) is 6.04 Å². The van der Waals surface area contributed by atoms with E-state index in [0.717, 1.165) is 0 Å². The van der Waals surface area contributed by atoms with Crippen molar-refractivity contribution in [3.63, 3.8) is 0 Å². The highest BCUT2D eigenvalue weighted by Gasteiger charge is 2.05. The molecule has 1 saturated carbocycles. The Labute approximate surface area is 69.8 Å². The Kier molecular flexibility index (Phi) is 7.96. The summed E-state index contributed by atoms with van der Waals surface area (Å²) in [6, 6.07) is 0.525. The summed E-state index contributed by atoms with van der Waals surface area (Å²) in [4.78, 5) is 0. The first-order chi connectivity index (χ1) is 5.31. The van der Waals surface area contributed by atoms with Gasteiger partial charge in [0.15, 0.2) is 0 Å². The summed E-state index contributed by atoms with van der Waals surface area (Å²) in [5, 5.41) is 7.57. The van der Waals surface area contributed by atoms with Gasteiger partial charge in [-0.3, -0.25) is 0 Å². The van der Waals surface area contributed by atoms with Crippen LogP contribution < -0.4 is 5.73 Å². The summed E-state index contributed by atoms with van der Waals surface area (Å²) in [5.74, 6) is 0. The molecule has 2 nitrogen and oxygen atoms in total. The molecule has 11 heavy (non-hydrogen) atoms. The Morgan fingerprint density at radius 2 is 1.55 bits per heavy atom. The van der Waals surface area contributed by atoms with Crippen LogP contribution in [0.3, 0.4) is 0 Å². The van der Waals surface area contributed by atoms with Crippen LogP contribution in [0.5, 0.6) is 0 Å². The van der Waals surface area contributed by atoms with Crippen LogP contribution in [0.1, 0.15) is 45.4 Å². The molecule has 0 aliphatic heterocycles. The SMILES string of the molecule is CCO.NC1CCCCCC1. The minimum absolute atomic E-state index is 0.250. The molecule has 1 rings (SSSR count). The molecule has 1 aliphatic carbocycles. The van der Waals surface area contributed by atoms with Crippen molar-refractivity contribution >= 4 is 0 Å². The molecule has 0 aromatic rings. The van der Waals surface area contributed by atoms with Gasteiger partial charge in [0.2, 0.25) is 0 Å². The van der Waals surface area contributed by atoms with Gasteiger partial charge in [0.1, 0.15) is 0 Å². The van der Waals surface area contributed by atoms with Crippen LogP contribution >= 0.6 is 0 Å². The van der Waals surface area contributed by atoms with Crippen LogP contribution in [0.25, 0.3) is 0 Å². The maximum atomic E-state index is 7.57. The van der Waals surface area contributed by atoms with Gasteiger partial charge in [-0.05, 0) is 19.8 Å². The summed E-state index contributed by atoms with van der Waals surface area (Å²) in [7, 11) is 0. The average molecular weight is 159 g/mol. The van der Waals surface area contributed by atoms with E-state index < -0.39 is 0 Å². The maximum absolute atomic E-state index is 7.57. The minimum Gasteiger partial charge on any atom is -0.397 e. The molecule has 0 spiro atoms. The molecule has 0 heterocycles. The molecule has 0 amide bonds. The first kappa shape index (κ1) is 10.9. The van der Waals surface area contributed by atoms with Crippen molar-refractivity contribution in [2.75, 3.05) is 6.61 Å². The van der Waals surface area contributed by atoms with Crippen molar-refractivity contribution in [3.05, 3.63) is 0 Å². The van der Waals surface area contributed by atoms with Gasteiger partial charge in [0.05, 0.1) is 0 Å². The number of rotatable bonds is 0. The van der Waals surface area contributed by atoms with Gasteiger partial charge in [0.25, 0.3) is 0 Å². The molecule has 0 bridgehead atoms. The highest BCUT2D eigenvalue weighted by molar-refractivity contribution is 4.65. The highest BCUT2D eigenvalue weighted by atomic mass is 16.2. The lowest BCUT2D eigenvalue weighted by Gasteiger charge is -2.03. The number of aliphatic hydroxyl groups is 1. The maximum Gasteiger partial charge on any atom is 0.0402 e. The Morgan fingerprint density at radius 3 is 1.91 bits per heavy atom. The van der Waals surface area contributed by atoms with Gasteiger partial charge < -0.3 is 10.8 Å². The summed E-state index contributed by atoms with van der Waals surface area (Å²) < 4.78 is 0. The molecule has 2 heteroatoms. The van der Waals surface area contributed by atoms with Gasteiger partial charge in [-0.2, -0.15) is 0 Å². The Balaban J connectivity index is 0.000000292. The van der Waals surface area contributed by atoms with E-state index in [1.807, 2.05) is 0 Å². The second-order valence-corrected chi connectivity index (χ2v) is 3.07. The standard InChI is InChI=1S/C7H15N.C2H6O/c8-7-5-3-1-2-4-6-7;1-2-3/h7H,1-6,8H2;3H,2H2,1H3. The second kappa shape index (κ2) is 8.02. The average Bonchev–Trinajstić information content (AvgIpc) is 2.18. The number of hydrogen-bond acceptors (Lipinski definition) is 2. The van der Waals surface area contributed by atoms with Crippen LogP contribution in [-0.2, 0) is 0 Å². The summed E-state index contributed by atoms with van der Waals surface area (Å²) in [6.45, 7) is 1.93. The molecule has 0 aromatic carbocycles. The van der Waals surface area contributed by atoms with Gasteiger partial charge in [-0.1, -0.05) is 25.7 Å². The van der Waals surface area contributed by atoms with Gasteiger partial charge in [-0.15, -0.1) is 0 Å². The van der Waals surface area contributed by atoms with Gasteiger partial charge >= 0.3 is 0 Å². The van der Waals surface area contributed by atoms with Gasteiger partial charge in [-0.25, -0.2) is 0 Å². The first-order valence-corrected chi connectivity index (χ1v) is 4.67. The van der Waals surface area contributed by atoms with E-state index >= 15 is 0 Å². The molecular formula is C9H21NO. The fourth-order valence-corrected chi connectivity index (χ4v) is 1.31. The fraction of sp³-hybridized carbons (Fsp3) is 1.00. The predicted molar refractivity (Wildman–Crippen MR) is 48.4 cm³/mol. The van der Waals surface area contributed by atoms with Crippen molar-refractivity contribution in [1.29, 1.82) is 0 Å². The molecule has 0 atom stereocenters. The second-order valence-electron chi connectivity index (χ2n) is 3.07. The van der Waals surface area contributed by atoms with E-state index in [-0.39, 0.29) is 6.61 Å². The van der Waals surface area contributed by atoms with Crippen LogP contribution in [0, 0.1) is 0 Å². The smallest absolute Gasteiger partial charge is 0.0402 e. The van der Waals surface area contributed by atoms with Crippen molar-refractivity contribution in [1.82, 2.24) is 0 Å². The summed E-state index contributed by atoms with van der Waals surface area (Å²) in [5.41, 5.74) is 5.73. The fourth-order valence-electron chi connectivity index (χ4n) is 1.31. The van der Waals surface area contributed by atoms with E-state index in [4.69, 9.17) is 10.8 Å². The van der Waals surface area contributed by atoms with E-state index in [1.165, 1.54) is 38.5 Å². The van der Waals surface area contributed by atoms with E-state index in [1.54, 1.807) is 6.92 Å². The van der Waals surface area contributed by atoms with E-state index in [9.17, 15) is 0 Å². The zero-order chi connectivity index (χ0) is 8.53. The molecule has 1 aliphatic rings. The molecular weight excluding hydrogens is 138 g/mol. The normalized spacial score (nSPS) is 19.9. The van der Waals surface area contributed by atoms with Crippen molar-refractivity contribution in [2.45, 2.75) is 51.5 Å². The van der Waals surface area contributed by atoms with Crippen LogP contribution in [0.15, 0.2) is 0 Å². The predicted octanol–water partition coefficient (Wildman–Crippen LogP) is 1.67. The first-order valence-electron chi connectivity index (χ1n) is 4.67. The molecule has 1 fully saturated rings. The van der Waals surface area contributed by atoms with Crippen molar-refractivity contribution in [3.8, 4) is 0 Å². The molecule has 0 saturated heterocycles. The third-order valence-corrected chi connectivity index (χ3v) is 1.90. The molecule has 68 valence electrons. The summed E-state index contributed by atoms with van der Waals surface area (Å²) in [6.07, 6.45) is 8.07. The van der Waals surface area contributed by atoms with E-state index in [2.05, 4.69) is 0 Å². The minimum atomic E-state index is 0.250. The lowest BCUT2D eigenvalue weighted by Crippen LogP contribution is -2.17. The quantitative estimate of drug-likeness (QED) is 0.528. The Bertz CT molecular complexity index is 68.0. The zero-order valence-corrected chi connectivity index (χ0v) is 7.55. The summed E-state index contributed by atoms with van der Waals surface area (Å²) >= 11 is 0. The number of nitrogens with two attached hydrogens (primary N) is 1. The zero-order valence-electron chi connectivity index (χ0n) is 7.55. The number of hydrogen-bond donors (Lipinski definition) is 2. The highest BCUT2D eigenvalue weighted by Crippen LogP contribution is 2.14. The van der Waals surface area contributed by atoms with Gasteiger partial charge in [0, 0.05) is 12.6 Å². The molecule has 0 unspecified atom stereocenters. The van der Waals surface area contributed by atoms with Crippen molar-refractivity contribution in [2.24, 2.45) is 5.73 Å². The van der Waals surface area contributed by atoms with Crippen molar-refractivity contribution < 1.29 is 5.11 Å². The molecule has 0 aromatic heterocycles. The lowest BCUT2D eigenvalue weighted by atomic mass is 10.1. The Hall–Kier alpha value is -0.0800. The third kappa shape index (κ3) is 7.82. The monoisotopic (exact) mass is 159 g/mol. The van der Waals surface area contributed by atoms with Crippen LogP contribution in [-0.4, -0.2) is 17.8 Å². The van der Waals surface area contributed by atoms with Crippen LogP contribution in [0.2, 0.25) is 0 Å². The topological polar surface area (TPSA) is 46.2 Å². The molecule has 0 radical (unpaired) electrons. The Morgan fingerprint density at radius 1 is 1.18 bits per heavy atom. The molecule has 3 N–H and O–H groups in total. The number of aliphatic hydroxyl groups excluding tert-OH is 1. The largest absolute Gasteiger partial charge is 0.397 e. The lowest BCUT2D eigenvalue weighted by molar-refractivity contribution is 0.318. The third-order valence-electron chi connectivity index (χ3n) is 1.90. The van der Waals surface area contributed by atoms with Crippen LogP contribution in [0.4, 0.5) is 0 Å².